The molecule has 1 aromatic carbocycles. The van der Waals surface area contributed by atoms with Gasteiger partial charge in [-0.25, -0.2) is 0 Å². The van der Waals surface area contributed by atoms with Gasteiger partial charge in [-0.1, -0.05) is 16.5 Å². The fraction of sp³-hybridized carbons (Fsp3) is 0.462. The summed E-state index contributed by atoms with van der Waals surface area (Å²) in [6.45, 7) is 6.40. The molecule has 0 N–H and O–H groups in total. The second-order valence-corrected chi connectivity index (χ2v) is 6.90. The molecule has 1 unspecified atom stereocenters. The fourth-order valence-corrected chi connectivity index (χ4v) is 2.22. The van der Waals surface area contributed by atoms with Crippen molar-refractivity contribution in [1.29, 1.82) is 0 Å². The number of fused-ring (bicyclic) bond motifs is 1. The van der Waals surface area contributed by atoms with E-state index in [1.807, 2.05) is 45.0 Å². The maximum Gasteiger partial charge on any atom is 0.144 e. The van der Waals surface area contributed by atoms with Gasteiger partial charge in [0.15, 0.2) is 0 Å². The summed E-state index contributed by atoms with van der Waals surface area (Å²) in [6, 6.07) is 7.77. The Morgan fingerprint density at radius 2 is 2.00 bits per heavy atom. The van der Waals surface area contributed by atoms with Crippen LogP contribution in [0.2, 0.25) is 0 Å². The molecule has 2 rings (SSSR count). The lowest BCUT2D eigenvalue weighted by atomic mass is 10.0. The lowest BCUT2D eigenvalue weighted by Gasteiger charge is -2.22. The standard InChI is InChI=1S/C13H17NO2S/c1-13(2,3)17(15)14-11-8-9-16-12-7-5-4-6-10(11)12/h4-7H,8-9H2,1-3H3/b14-11+. The summed E-state index contributed by atoms with van der Waals surface area (Å²) >= 11 is -1.21. The van der Waals surface area contributed by atoms with Crippen LogP contribution in [0, 0.1) is 0 Å². The van der Waals surface area contributed by atoms with Crippen molar-refractivity contribution in [3.63, 3.8) is 0 Å². The van der Waals surface area contributed by atoms with Crippen molar-refractivity contribution < 1.29 is 9.29 Å². The van der Waals surface area contributed by atoms with E-state index in [1.54, 1.807) is 0 Å². The first-order valence-corrected chi connectivity index (χ1v) is 6.81. The van der Waals surface area contributed by atoms with Crippen LogP contribution in [-0.4, -0.2) is 21.6 Å². The van der Waals surface area contributed by atoms with Crippen molar-refractivity contribution >= 4 is 17.1 Å². The van der Waals surface area contributed by atoms with Crippen molar-refractivity contribution in [2.75, 3.05) is 6.61 Å². The van der Waals surface area contributed by atoms with Crippen molar-refractivity contribution in [1.82, 2.24) is 0 Å². The molecule has 0 fully saturated rings. The molecule has 92 valence electrons. The van der Waals surface area contributed by atoms with Gasteiger partial charge in [0, 0.05) is 12.0 Å². The SMILES string of the molecule is CC(C)(C)[S+]([O-])/N=C1\CCOc2ccccc21. The van der Waals surface area contributed by atoms with Crippen LogP contribution >= 0.6 is 0 Å². The minimum Gasteiger partial charge on any atom is -0.591 e. The highest BCUT2D eigenvalue weighted by molar-refractivity contribution is 7.91. The molecule has 0 aliphatic carbocycles. The maximum atomic E-state index is 12.0. The van der Waals surface area contributed by atoms with E-state index in [0.29, 0.717) is 6.61 Å². The normalized spacial score (nSPS) is 19.6. The van der Waals surface area contributed by atoms with E-state index >= 15 is 0 Å². The number of hydrogen-bond acceptors (Lipinski definition) is 3. The van der Waals surface area contributed by atoms with Gasteiger partial charge in [-0.15, -0.1) is 0 Å². The molecular weight excluding hydrogens is 234 g/mol. The Balaban J connectivity index is 2.33. The zero-order chi connectivity index (χ0) is 12.5. The third-order valence-corrected chi connectivity index (χ3v) is 3.95. The molecule has 3 nitrogen and oxygen atoms in total. The first-order valence-electron chi connectivity index (χ1n) is 5.70. The van der Waals surface area contributed by atoms with E-state index in [1.165, 1.54) is 0 Å². The number of ether oxygens (including phenoxy) is 1. The maximum absolute atomic E-state index is 12.0. The summed E-state index contributed by atoms with van der Waals surface area (Å²) < 4.78 is 21.6. The molecule has 0 spiro atoms. The molecule has 1 aliphatic rings. The Kier molecular flexibility index (Phi) is 3.45. The summed E-state index contributed by atoms with van der Waals surface area (Å²) in [5, 5.41) is 0. The molecule has 4 heteroatoms. The van der Waals surface area contributed by atoms with Gasteiger partial charge in [-0.05, 0) is 32.9 Å². The quantitative estimate of drug-likeness (QED) is 0.720. The number of nitrogens with zero attached hydrogens (tertiary/aromatic N) is 1. The van der Waals surface area contributed by atoms with Gasteiger partial charge in [0.05, 0.1) is 6.61 Å². The predicted octanol–water partition coefficient (Wildman–Crippen LogP) is 2.72. The highest BCUT2D eigenvalue weighted by Crippen LogP contribution is 2.26. The van der Waals surface area contributed by atoms with Gasteiger partial charge in [0.25, 0.3) is 0 Å². The van der Waals surface area contributed by atoms with E-state index < -0.39 is 11.4 Å². The Morgan fingerprint density at radius 1 is 1.29 bits per heavy atom. The van der Waals surface area contributed by atoms with Crippen LogP contribution in [0.5, 0.6) is 5.75 Å². The lowest BCUT2D eigenvalue weighted by molar-refractivity contribution is 0.320. The summed E-state index contributed by atoms with van der Waals surface area (Å²) in [5.41, 5.74) is 1.86. The van der Waals surface area contributed by atoms with Crippen LogP contribution in [-0.2, 0) is 11.4 Å². The molecule has 1 aliphatic heterocycles. The second kappa shape index (κ2) is 4.70. The van der Waals surface area contributed by atoms with Crippen molar-refractivity contribution in [2.45, 2.75) is 31.9 Å². The summed E-state index contributed by atoms with van der Waals surface area (Å²) in [7, 11) is 0. The second-order valence-electron chi connectivity index (χ2n) is 4.99. The molecule has 1 heterocycles. The van der Waals surface area contributed by atoms with Crippen LogP contribution in [0.3, 0.4) is 0 Å². The molecule has 0 radical (unpaired) electrons. The molecule has 17 heavy (non-hydrogen) atoms. The largest absolute Gasteiger partial charge is 0.591 e. The van der Waals surface area contributed by atoms with Gasteiger partial charge in [0.1, 0.15) is 27.6 Å². The number of benzene rings is 1. The summed E-state index contributed by atoms with van der Waals surface area (Å²) in [6.07, 6.45) is 0.721. The third kappa shape index (κ3) is 2.82. The smallest absolute Gasteiger partial charge is 0.144 e. The Bertz CT molecular complexity index is 437. The lowest BCUT2D eigenvalue weighted by Crippen LogP contribution is -2.28. The third-order valence-electron chi connectivity index (χ3n) is 2.51. The van der Waals surface area contributed by atoms with Crippen LogP contribution in [0.4, 0.5) is 0 Å². The van der Waals surface area contributed by atoms with Gasteiger partial charge in [-0.2, -0.15) is 0 Å². The summed E-state index contributed by atoms with van der Waals surface area (Å²) in [5.74, 6) is 0.836. The minimum absolute atomic E-state index is 0.319. The van der Waals surface area contributed by atoms with Crippen molar-refractivity contribution in [2.24, 2.45) is 4.40 Å². The van der Waals surface area contributed by atoms with E-state index in [-0.39, 0.29) is 4.75 Å². The predicted molar refractivity (Wildman–Crippen MR) is 71.0 cm³/mol. The van der Waals surface area contributed by atoms with Gasteiger partial charge in [0.2, 0.25) is 0 Å². The Labute approximate surface area is 105 Å². The average molecular weight is 251 g/mol. The van der Waals surface area contributed by atoms with Crippen molar-refractivity contribution in [3.8, 4) is 5.75 Å². The Hall–Kier alpha value is -1.00. The average Bonchev–Trinajstić information content (AvgIpc) is 2.28. The monoisotopic (exact) mass is 251 g/mol. The highest BCUT2D eigenvalue weighted by Gasteiger charge is 2.28. The highest BCUT2D eigenvalue weighted by atomic mass is 32.2. The van der Waals surface area contributed by atoms with Gasteiger partial charge >= 0.3 is 0 Å². The molecule has 0 saturated heterocycles. The Morgan fingerprint density at radius 3 is 2.71 bits per heavy atom. The van der Waals surface area contributed by atoms with Gasteiger partial charge < -0.3 is 9.29 Å². The van der Waals surface area contributed by atoms with E-state index in [9.17, 15) is 4.55 Å². The van der Waals surface area contributed by atoms with Crippen LogP contribution in [0.15, 0.2) is 28.7 Å². The molecular formula is C13H17NO2S. The molecule has 0 aromatic heterocycles. The topological polar surface area (TPSA) is 44.7 Å². The zero-order valence-corrected chi connectivity index (χ0v) is 11.2. The molecule has 1 aromatic rings. The number of rotatable bonds is 1. The summed E-state index contributed by atoms with van der Waals surface area (Å²) in [4.78, 5) is 0. The molecule has 0 bridgehead atoms. The first-order chi connectivity index (χ1) is 7.98. The number of para-hydroxylation sites is 1. The van der Waals surface area contributed by atoms with Crippen molar-refractivity contribution in [3.05, 3.63) is 29.8 Å². The van der Waals surface area contributed by atoms with Gasteiger partial charge in [-0.3, -0.25) is 0 Å². The zero-order valence-electron chi connectivity index (χ0n) is 10.4. The number of hydrogen-bond donors (Lipinski definition) is 0. The van der Waals surface area contributed by atoms with E-state index in [4.69, 9.17) is 4.74 Å². The fourth-order valence-electron chi connectivity index (χ4n) is 1.56. The van der Waals surface area contributed by atoms with Crippen LogP contribution in [0.25, 0.3) is 0 Å². The first kappa shape index (κ1) is 12.5. The van der Waals surface area contributed by atoms with Crippen LogP contribution < -0.4 is 4.74 Å². The van der Waals surface area contributed by atoms with E-state index in [2.05, 4.69) is 4.40 Å². The van der Waals surface area contributed by atoms with Crippen LogP contribution in [0.1, 0.15) is 32.8 Å². The molecule has 0 saturated carbocycles. The van der Waals surface area contributed by atoms with E-state index in [0.717, 1.165) is 23.4 Å². The molecule has 0 amide bonds. The minimum atomic E-state index is -1.21. The molecule has 1 atom stereocenters.